The van der Waals surface area contributed by atoms with Crippen LogP contribution in [0.3, 0.4) is 0 Å². The number of hydrogen-bond donors (Lipinski definition) is 1. The Hall–Kier alpha value is -1.39. The van der Waals surface area contributed by atoms with Crippen LogP contribution in [-0.2, 0) is 11.2 Å². The van der Waals surface area contributed by atoms with Crippen molar-refractivity contribution < 1.29 is 9.90 Å². The SMILES string of the molecule is O=C(O)Cc1ccc(SCCSc2ccccc2)cc1. The van der Waals surface area contributed by atoms with Gasteiger partial charge in [0.2, 0.25) is 0 Å². The van der Waals surface area contributed by atoms with Crippen molar-refractivity contribution in [3.05, 3.63) is 60.2 Å². The third kappa shape index (κ3) is 5.31. The van der Waals surface area contributed by atoms with Crippen LogP contribution >= 0.6 is 23.5 Å². The summed E-state index contributed by atoms with van der Waals surface area (Å²) >= 11 is 3.65. The van der Waals surface area contributed by atoms with Crippen LogP contribution in [0, 0.1) is 0 Å². The van der Waals surface area contributed by atoms with E-state index in [0.29, 0.717) is 0 Å². The second kappa shape index (κ2) is 8.02. The number of benzene rings is 2. The molecule has 0 aliphatic rings. The second-order valence-corrected chi connectivity index (χ2v) is 6.56. The lowest BCUT2D eigenvalue weighted by Gasteiger charge is -2.03. The van der Waals surface area contributed by atoms with Crippen LogP contribution in [0.4, 0.5) is 0 Å². The summed E-state index contributed by atoms with van der Waals surface area (Å²) in [6, 6.07) is 18.1. The molecular formula is C16H16O2S2. The number of rotatable bonds is 7. The molecule has 0 spiro atoms. The van der Waals surface area contributed by atoms with Crippen LogP contribution in [0.1, 0.15) is 5.56 Å². The largest absolute Gasteiger partial charge is 0.481 e. The van der Waals surface area contributed by atoms with E-state index in [0.717, 1.165) is 17.1 Å². The highest BCUT2D eigenvalue weighted by atomic mass is 32.2. The van der Waals surface area contributed by atoms with Crippen LogP contribution in [0.2, 0.25) is 0 Å². The second-order valence-electron chi connectivity index (χ2n) is 4.22. The Labute approximate surface area is 127 Å². The van der Waals surface area contributed by atoms with Gasteiger partial charge in [0.25, 0.3) is 0 Å². The van der Waals surface area contributed by atoms with E-state index in [2.05, 4.69) is 24.3 Å². The molecule has 0 amide bonds. The molecule has 2 nitrogen and oxygen atoms in total. The molecule has 4 heteroatoms. The topological polar surface area (TPSA) is 37.3 Å². The monoisotopic (exact) mass is 304 g/mol. The van der Waals surface area contributed by atoms with Crippen molar-refractivity contribution in [1.82, 2.24) is 0 Å². The van der Waals surface area contributed by atoms with Crippen molar-refractivity contribution >= 4 is 29.5 Å². The summed E-state index contributed by atoms with van der Waals surface area (Å²) in [4.78, 5) is 13.1. The lowest BCUT2D eigenvalue weighted by Crippen LogP contribution is -1.99. The molecular weight excluding hydrogens is 288 g/mol. The molecule has 0 atom stereocenters. The highest BCUT2D eigenvalue weighted by molar-refractivity contribution is 8.03. The fraction of sp³-hybridized carbons (Fsp3) is 0.188. The molecule has 2 rings (SSSR count). The van der Waals surface area contributed by atoms with Gasteiger partial charge in [-0.25, -0.2) is 0 Å². The zero-order chi connectivity index (χ0) is 14.2. The Bertz CT molecular complexity index is 538. The van der Waals surface area contributed by atoms with E-state index in [4.69, 9.17) is 5.11 Å². The van der Waals surface area contributed by atoms with Gasteiger partial charge in [0.05, 0.1) is 6.42 Å². The highest BCUT2D eigenvalue weighted by Gasteiger charge is 2.01. The fourth-order valence-electron chi connectivity index (χ4n) is 1.71. The third-order valence-corrected chi connectivity index (χ3v) is 4.93. The van der Waals surface area contributed by atoms with Gasteiger partial charge >= 0.3 is 5.97 Å². The highest BCUT2D eigenvalue weighted by Crippen LogP contribution is 2.23. The van der Waals surface area contributed by atoms with Crippen molar-refractivity contribution in [3.63, 3.8) is 0 Å². The van der Waals surface area contributed by atoms with Gasteiger partial charge in [-0.1, -0.05) is 30.3 Å². The number of hydrogen-bond acceptors (Lipinski definition) is 3. The van der Waals surface area contributed by atoms with E-state index in [1.54, 1.807) is 11.8 Å². The van der Waals surface area contributed by atoms with E-state index in [9.17, 15) is 4.79 Å². The molecule has 0 bridgehead atoms. The Balaban J connectivity index is 1.73. The Kier molecular flexibility index (Phi) is 6.02. The summed E-state index contributed by atoms with van der Waals surface area (Å²) in [5, 5.41) is 8.71. The van der Waals surface area contributed by atoms with Crippen LogP contribution in [0.5, 0.6) is 0 Å². The van der Waals surface area contributed by atoms with Gasteiger partial charge in [-0.05, 0) is 29.8 Å². The number of carboxylic acids is 1. The zero-order valence-corrected chi connectivity index (χ0v) is 12.6. The lowest BCUT2D eigenvalue weighted by atomic mass is 10.2. The molecule has 1 N–H and O–H groups in total. The summed E-state index contributed by atoms with van der Waals surface area (Å²) in [6.07, 6.45) is 0.0921. The standard InChI is InChI=1S/C16H16O2S2/c17-16(18)12-13-6-8-15(9-7-13)20-11-10-19-14-4-2-1-3-5-14/h1-9H,10-12H2,(H,17,18). The first-order valence-electron chi connectivity index (χ1n) is 6.35. The Morgan fingerprint density at radius 2 is 1.40 bits per heavy atom. The molecule has 2 aromatic rings. The maximum Gasteiger partial charge on any atom is 0.307 e. The molecule has 104 valence electrons. The summed E-state index contributed by atoms with van der Waals surface area (Å²) in [6.45, 7) is 0. The van der Waals surface area contributed by atoms with Gasteiger partial charge in [0.1, 0.15) is 0 Å². The third-order valence-electron chi connectivity index (χ3n) is 2.64. The van der Waals surface area contributed by atoms with E-state index in [-0.39, 0.29) is 6.42 Å². The van der Waals surface area contributed by atoms with Crippen LogP contribution in [0.25, 0.3) is 0 Å². The molecule has 0 fully saturated rings. The predicted molar refractivity (Wildman–Crippen MR) is 85.7 cm³/mol. The van der Waals surface area contributed by atoms with Gasteiger partial charge in [0, 0.05) is 21.3 Å². The smallest absolute Gasteiger partial charge is 0.307 e. The van der Waals surface area contributed by atoms with Crippen molar-refractivity contribution in [1.29, 1.82) is 0 Å². The average molecular weight is 304 g/mol. The summed E-state index contributed by atoms with van der Waals surface area (Å²) < 4.78 is 0. The minimum Gasteiger partial charge on any atom is -0.481 e. The van der Waals surface area contributed by atoms with Crippen molar-refractivity contribution in [2.75, 3.05) is 11.5 Å². The van der Waals surface area contributed by atoms with Crippen LogP contribution in [0.15, 0.2) is 64.4 Å². The molecule has 0 aromatic heterocycles. The van der Waals surface area contributed by atoms with Crippen molar-refractivity contribution in [2.45, 2.75) is 16.2 Å². The summed E-state index contributed by atoms with van der Waals surface area (Å²) in [7, 11) is 0. The van der Waals surface area contributed by atoms with E-state index < -0.39 is 5.97 Å². The molecule has 0 unspecified atom stereocenters. The number of thioether (sulfide) groups is 2. The number of carbonyl (C=O) groups is 1. The van der Waals surface area contributed by atoms with Gasteiger partial charge < -0.3 is 5.11 Å². The summed E-state index contributed by atoms with van der Waals surface area (Å²) in [5.74, 6) is 1.31. The number of carboxylic acid groups (broad SMARTS) is 1. The van der Waals surface area contributed by atoms with Gasteiger partial charge in [-0.2, -0.15) is 0 Å². The van der Waals surface area contributed by atoms with Crippen LogP contribution in [-0.4, -0.2) is 22.6 Å². The Morgan fingerprint density at radius 1 is 0.850 bits per heavy atom. The minimum atomic E-state index is -0.787. The molecule has 20 heavy (non-hydrogen) atoms. The molecule has 0 heterocycles. The van der Waals surface area contributed by atoms with Crippen LogP contribution < -0.4 is 0 Å². The molecule has 2 aromatic carbocycles. The van der Waals surface area contributed by atoms with Gasteiger partial charge in [-0.3, -0.25) is 4.79 Å². The first-order valence-corrected chi connectivity index (χ1v) is 8.32. The normalized spacial score (nSPS) is 10.4. The maximum absolute atomic E-state index is 10.6. The maximum atomic E-state index is 10.6. The van der Waals surface area contributed by atoms with E-state index in [1.165, 1.54) is 9.79 Å². The molecule has 0 aliphatic heterocycles. The van der Waals surface area contributed by atoms with Gasteiger partial charge in [-0.15, -0.1) is 23.5 Å². The van der Waals surface area contributed by atoms with Gasteiger partial charge in [0.15, 0.2) is 0 Å². The first kappa shape index (κ1) is 15.0. The molecule has 0 saturated carbocycles. The molecule has 0 saturated heterocycles. The van der Waals surface area contributed by atoms with Crippen molar-refractivity contribution in [2.24, 2.45) is 0 Å². The fourth-order valence-corrected chi connectivity index (χ4v) is 3.53. The first-order chi connectivity index (χ1) is 9.74. The average Bonchev–Trinajstić information content (AvgIpc) is 2.46. The molecule has 0 radical (unpaired) electrons. The van der Waals surface area contributed by atoms with Crippen molar-refractivity contribution in [3.8, 4) is 0 Å². The quantitative estimate of drug-likeness (QED) is 0.614. The molecule has 0 aliphatic carbocycles. The minimum absolute atomic E-state index is 0.0921. The Morgan fingerprint density at radius 3 is 1.95 bits per heavy atom. The summed E-state index contributed by atoms with van der Waals surface area (Å²) in [5.41, 5.74) is 0.848. The lowest BCUT2D eigenvalue weighted by molar-refractivity contribution is -0.136. The zero-order valence-electron chi connectivity index (χ0n) is 11.0. The van der Waals surface area contributed by atoms with E-state index in [1.807, 2.05) is 42.1 Å². The predicted octanol–water partition coefficient (Wildman–Crippen LogP) is 4.20. The van der Waals surface area contributed by atoms with E-state index >= 15 is 0 Å². The number of aliphatic carboxylic acids is 1.